The smallest absolute Gasteiger partial charge is 0.290 e. The zero-order valence-electron chi connectivity index (χ0n) is 12.0. The molecule has 3 heterocycles. The van der Waals surface area contributed by atoms with E-state index in [9.17, 15) is 0 Å². The molecule has 0 bridgehead atoms. The van der Waals surface area contributed by atoms with E-state index in [4.69, 9.17) is 9.90 Å². The van der Waals surface area contributed by atoms with Gasteiger partial charge in [-0.15, -0.1) is 0 Å². The molecule has 0 fully saturated rings. The van der Waals surface area contributed by atoms with Crippen molar-refractivity contribution < 1.29 is 9.90 Å². The number of aromatic nitrogens is 5. The Labute approximate surface area is 131 Å². The maximum absolute atomic E-state index is 8.36. The first-order chi connectivity index (χ1) is 11.3. The normalized spacial score (nSPS) is 10.1. The summed E-state index contributed by atoms with van der Waals surface area (Å²) in [5.41, 5.74) is 5.07. The van der Waals surface area contributed by atoms with Gasteiger partial charge in [0.25, 0.3) is 6.47 Å². The van der Waals surface area contributed by atoms with E-state index >= 15 is 0 Å². The van der Waals surface area contributed by atoms with Crippen LogP contribution in [-0.4, -0.2) is 36.7 Å². The predicted octanol–water partition coefficient (Wildman–Crippen LogP) is 2.72. The van der Waals surface area contributed by atoms with Crippen LogP contribution >= 0.6 is 0 Å². The highest BCUT2D eigenvalue weighted by molar-refractivity contribution is 5.90. The molecular formula is C16H13N5O2. The van der Waals surface area contributed by atoms with Crippen molar-refractivity contribution in [3.63, 3.8) is 0 Å². The third-order valence-electron chi connectivity index (χ3n) is 3.34. The molecule has 0 atom stereocenters. The lowest BCUT2D eigenvalue weighted by molar-refractivity contribution is -0.122. The standard InChI is InChI=1S/C15H11N5.CH2O2/c1-3-11(4-2-10(1)12-7-19-20-8-12)14-13-5-6-16-15(13)18-9-17-14;2-1-3/h1-9H,(H,19,20)(H,16,17,18);1H,(H,2,3). The summed E-state index contributed by atoms with van der Waals surface area (Å²) in [5.74, 6) is 0. The summed E-state index contributed by atoms with van der Waals surface area (Å²) < 4.78 is 0. The molecule has 0 radical (unpaired) electrons. The number of H-pyrrole nitrogens is 2. The van der Waals surface area contributed by atoms with E-state index in [0.29, 0.717) is 0 Å². The molecular weight excluding hydrogens is 294 g/mol. The van der Waals surface area contributed by atoms with Crippen LogP contribution in [0.1, 0.15) is 0 Å². The maximum atomic E-state index is 8.36. The Balaban J connectivity index is 0.000000485. The average Bonchev–Trinajstić information content (AvgIpc) is 3.27. The number of aromatic amines is 2. The van der Waals surface area contributed by atoms with E-state index in [1.54, 1.807) is 6.33 Å². The number of hydrogen-bond donors (Lipinski definition) is 3. The fraction of sp³-hybridized carbons (Fsp3) is 0. The highest BCUT2D eigenvalue weighted by Crippen LogP contribution is 2.27. The van der Waals surface area contributed by atoms with Crippen molar-refractivity contribution in [1.82, 2.24) is 25.1 Å². The van der Waals surface area contributed by atoms with Crippen LogP contribution in [0.4, 0.5) is 0 Å². The lowest BCUT2D eigenvalue weighted by Crippen LogP contribution is -1.87. The lowest BCUT2D eigenvalue weighted by Gasteiger charge is -2.03. The van der Waals surface area contributed by atoms with Crippen molar-refractivity contribution in [2.24, 2.45) is 0 Å². The van der Waals surface area contributed by atoms with Gasteiger partial charge in [-0.05, 0) is 11.6 Å². The second-order valence-electron chi connectivity index (χ2n) is 4.63. The molecule has 7 nitrogen and oxygen atoms in total. The molecule has 0 aliphatic heterocycles. The van der Waals surface area contributed by atoms with Gasteiger partial charge in [0.15, 0.2) is 0 Å². The Bertz CT molecular complexity index is 898. The maximum Gasteiger partial charge on any atom is 0.290 e. The molecule has 1 aromatic carbocycles. The van der Waals surface area contributed by atoms with Gasteiger partial charge in [0, 0.05) is 28.9 Å². The Morgan fingerprint density at radius 1 is 1.00 bits per heavy atom. The van der Waals surface area contributed by atoms with E-state index in [0.717, 1.165) is 33.4 Å². The molecule has 114 valence electrons. The van der Waals surface area contributed by atoms with E-state index < -0.39 is 0 Å². The minimum absolute atomic E-state index is 0.250. The van der Waals surface area contributed by atoms with Crippen LogP contribution in [0.15, 0.2) is 55.2 Å². The van der Waals surface area contributed by atoms with Crippen LogP contribution in [0.3, 0.4) is 0 Å². The topological polar surface area (TPSA) is 108 Å². The largest absolute Gasteiger partial charge is 0.483 e. The zero-order valence-corrected chi connectivity index (χ0v) is 12.0. The van der Waals surface area contributed by atoms with Crippen LogP contribution < -0.4 is 0 Å². The van der Waals surface area contributed by atoms with E-state index in [1.165, 1.54) is 0 Å². The minimum Gasteiger partial charge on any atom is -0.483 e. The molecule has 7 heteroatoms. The summed E-state index contributed by atoms with van der Waals surface area (Å²) in [6.45, 7) is -0.250. The fourth-order valence-electron chi connectivity index (χ4n) is 2.33. The van der Waals surface area contributed by atoms with Gasteiger partial charge in [-0.25, -0.2) is 9.97 Å². The van der Waals surface area contributed by atoms with Crippen molar-refractivity contribution in [3.8, 4) is 22.4 Å². The van der Waals surface area contributed by atoms with Gasteiger partial charge in [0.2, 0.25) is 0 Å². The highest BCUT2D eigenvalue weighted by atomic mass is 16.3. The van der Waals surface area contributed by atoms with Gasteiger partial charge >= 0.3 is 0 Å². The van der Waals surface area contributed by atoms with E-state index in [1.807, 2.05) is 24.7 Å². The van der Waals surface area contributed by atoms with E-state index in [-0.39, 0.29) is 6.47 Å². The third-order valence-corrected chi connectivity index (χ3v) is 3.34. The van der Waals surface area contributed by atoms with Crippen LogP contribution in [0.5, 0.6) is 0 Å². The van der Waals surface area contributed by atoms with Crippen LogP contribution in [-0.2, 0) is 4.79 Å². The molecule has 3 N–H and O–H groups in total. The number of hydrogen-bond acceptors (Lipinski definition) is 4. The quantitative estimate of drug-likeness (QED) is 0.493. The molecule has 0 amide bonds. The first kappa shape index (κ1) is 14.5. The first-order valence-electron chi connectivity index (χ1n) is 6.79. The van der Waals surface area contributed by atoms with Gasteiger partial charge < -0.3 is 10.1 Å². The Hall–Kier alpha value is -3.48. The summed E-state index contributed by atoms with van der Waals surface area (Å²) >= 11 is 0. The molecule has 4 aromatic rings. The molecule has 23 heavy (non-hydrogen) atoms. The number of nitrogens with one attached hydrogen (secondary N) is 2. The predicted molar refractivity (Wildman–Crippen MR) is 85.6 cm³/mol. The van der Waals surface area contributed by atoms with Crippen LogP contribution in [0.25, 0.3) is 33.4 Å². The summed E-state index contributed by atoms with van der Waals surface area (Å²) in [6, 6.07) is 10.3. The zero-order chi connectivity index (χ0) is 16.1. The third kappa shape index (κ3) is 2.93. The summed E-state index contributed by atoms with van der Waals surface area (Å²) in [6.07, 6.45) is 7.15. The van der Waals surface area contributed by atoms with Crippen molar-refractivity contribution in [2.45, 2.75) is 0 Å². The second-order valence-corrected chi connectivity index (χ2v) is 4.63. The summed E-state index contributed by atoms with van der Waals surface area (Å²) in [5, 5.41) is 14.7. The fourth-order valence-corrected chi connectivity index (χ4v) is 2.33. The number of nitrogens with zero attached hydrogens (tertiary/aromatic N) is 3. The Morgan fingerprint density at radius 2 is 1.74 bits per heavy atom. The van der Waals surface area contributed by atoms with Gasteiger partial charge in [-0.3, -0.25) is 9.89 Å². The minimum atomic E-state index is -0.250. The lowest BCUT2D eigenvalue weighted by atomic mass is 10.0. The average molecular weight is 307 g/mol. The van der Waals surface area contributed by atoms with Gasteiger partial charge in [-0.2, -0.15) is 5.10 Å². The van der Waals surface area contributed by atoms with E-state index in [2.05, 4.69) is 49.4 Å². The number of rotatable bonds is 2. The molecule has 0 unspecified atom stereocenters. The number of carbonyl (C=O) groups is 1. The number of fused-ring (bicyclic) bond motifs is 1. The first-order valence-corrected chi connectivity index (χ1v) is 6.79. The van der Waals surface area contributed by atoms with Crippen molar-refractivity contribution in [2.75, 3.05) is 0 Å². The molecule has 0 aliphatic carbocycles. The number of carboxylic acid groups (broad SMARTS) is 1. The van der Waals surface area contributed by atoms with Gasteiger partial charge in [0.1, 0.15) is 12.0 Å². The van der Waals surface area contributed by atoms with Crippen molar-refractivity contribution in [1.29, 1.82) is 0 Å². The van der Waals surface area contributed by atoms with Gasteiger partial charge in [0.05, 0.1) is 11.9 Å². The molecule has 3 aromatic heterocycles. The van der Waals surface area contributed by atoms with Crippen molar-refractivity contribution in [3.05, 3.63) is 55.2 Å². The molecule has 0 spiro atoms. The monoisotopic (exact) mass is 307 g/mol. The Morgan fingerprint density at radius 3 is 2.43 bits per heavy atom. The van der Waals surface area contributed by atoms with Crippen LogP contribution in [0.2, 0.25) is 0 Å². The molecule has 4 rings (SSSR count). The molecule has 0 saturated heterocycles. The molecule has 0 saturated carbocycles. The summed E-state index contributed by atoms with van der Waals surface area (Å²) in [7, 11) is 0. The second kappa shape index (κ2) is 6.52. The number of benzene rings is 1. The van der Waals surface area contributed by atoms with Crippen LogP contribution in [0, 0.1) is 0 Å². The highest BCUT2D eigenvalue weighted by Gasteiger charge is 2.07. The summed E-state index contributed by atoms with van der Waals surface area (Å²) in [4.78, 5) is 20.1. The molecule has 0 aliphatic rings. The SMILES string of the molecule is O=CO.c1nc(-c2ccc(-c3cn[nH]c3)cc2)c2cc[nH]c2n1. The van der Waals surface area contributed by atoms with Gasteiger partial charge in [-0.1, -0.05) is 24.3 Å². The van der Waals surface area contributed by atoms with Crippen molar-refractivity contribution >= 4 is 17.5 Å². The Kier molecular flexibility index (Phi) is 4.10.